The Labute approximate surface area is 184 Å². The van der Waals surface area contributed by atoms with E-state index in [2.05, 4.69) is 10.6 Å². The summed E-state index contributed by atoms with van der Waals surface area (Å²) in [6, 6.07) is 16.4. The van der Waals surface area contributed by atoms with Crippen molar-refractivity contribution in [2.24, 2.45) is 0 Å². The van der Waals surface area contributed by atoms with Crippen LogP contribution in [0.1, 0.15) is 33.1 Å². The summed E-state index contributed by atoms with van der Waals surface area (Å²) in [6.45, 7) is 4.84. The molecule has 0 saturated heterocycles. The van der Waals surface area contributed by atoms with Crippen molar-refractivity contribution in [2.45, 2.75) is 45.2 Å². The number of nitrogens with zero attached hydrogens (tertiary/aromatic N) is 1. The molecule has 0 radical (unpaired) electrons. The lowest BCUT2D eigenvalue weighted by molar-refractivity contribution is -0.139. The molecule has 2 aromatic rings. The molecule has 0 bridgehead atoms. The highest BCUT2D eigenvalue weighted by Crippen LogP contribution is 2.22. The van der Waals surface area contributed by atoms with E-state index >= 15 is 0 Å². The summed E-state index contributed by atoms with van der Waals surface area (Å²) < 4.78 is 5.75. The molecule has 2 aromatic carbocycles. The van der Waals surface area contributed by atoms with Crippen molar-refractivity contribution in [1.29, 1.82) is 0 Å². The molecule has 0 fully saturated rings. The maximum Gasteiger partial charge on any atom is 0.320 e. The van der Waals surface area contributed by atoms with E-state index in [1.165, 1.54) is 0 Å². The Bertz CT molecular complexity index is 811. The van der Waals surface area contributed by atoms with Crippen LogP contribution in [0.3, 0.4) is 0 Å². The summed E-state index contributed by atoms with van der Waals surface area (Å²) in [5, 5.41) is 15.2. The number of carbonyl (C=O) groups excluding carboxylic acids is 1. The number of hydrogen-bond acceptors (Lipinski definition) is 5. The lowest BCUT2D eigenvalue weighted by Crippen LogP contribution is -2.41. The molecule has 0 heterocycles. The number of hydrogen-bond donors (Lipinski definition) is 3. The molecule has 0 aliphatic heterocycles. The monoisotopic (exact) mass is 427 g/mol. The summed E-state index contributed by atoms with van der Waals surface area (Å²) in [7, 11) is 1.89. The summed E-state index contributed by atoms with van der Waals surface area (Å²) >= 11 is 0. The van der Waals surface area contributed by atoms with Crippen molar-refractivity contribution < 1.29 is 19.4 Å². The third kappa shape index (κ3) is 8.78. The Balaban J connectivity index is 1.74. The van der Waals surface area contributed by atoms with Gasteiger partial charge < -0.3 is 20.5 Å². The number of aliphatic carboxylic acids is 1. The SMILES string of the molecule is CCCC(NCCC(C)N(C)CC(=O)Nc1ccc(Oc2ccccc2)cc1)C(=O)O. The van der Waals surface area contributed by atoms with Crippen LogP contribution in [0.25, 0.3) is 0 Å². The molecule has 0 saturated carbocycles. The minimum atomic E-state index is -0.817. The van der Waals surface area contributed by atoms with Crippen LogP contribution in [-0.4, -0.2) is 54.1 Å². The van der Waals surface area contributed by atoms with Gasteiger partial charge in [-0.15, -0.1) is 0 Å². The molecule has 0 aliphatic carbocycles. The molecule has 1 amide bonds. The third-order valence-corrected chi connectivity index (χ3v) is 5.09. The number of anilines is 1. The molecule has 7 heteroatoms. The van der Waals surface area contributed by atoms with Gasteiger partial charge in [-0.3, -0.25) is 14.5 Å². The van der Waals surface area contributed by atoms with Crippen molar-refractivity contribution in [3.63, 3.8) is 0 Å². The van der Waals surface area contributed by atoms with Gasteiger partial charge in [0.1, 0.15) is 17.5 Å². The second-order valence-corrected chi connectivity index (χ2v) is 7.67. The first-order valence-electron chi connectivity index (χ1n) is 10.7. The van der Waals surface area contributed by atoms with Crippen molar-refractivity contribution in [3.05, 3.63) is 54.6 Å². The number of ether oxygens (including phenoxy) is 1. The van der Waals surface area contributed by atoms with Gasteiger partial charge in [-0.25, -0.2) is 0 Å². The van der Waals surface area contributed by atoms with Crippen LogP contribution < -0.4 is 15.4 Å². The molecule has 7 nitrogen and oxygen atoms in total. The molecule has 2 rings (SSSR count). The topological polar surface area (TPSA) is 90.9 Å². The predicted molar refractivity (Wildman–Crippen MR) is 123 cm³/mol. The molecule has 0 aliphatic rings. The molecule has 2 atom stereocenters. The second kappa shape index (κ2) is 12.7. The molecule has 3 N–H and O–H groups in total. The van der Waals surface area contributed by atoms with Crippen molar-refractivity contribution in [3.8, 4) is 11.5 Å². The Morgan fingerprint density at radius 1 is 1.03 bits per heavy atom. The Kier molecular flexibility index (Phi) is 10.00. The molecule has 2 unspecified atom stereocenters. The smallest absolute Gasteiger partial charge is 0.320 e. The molecule has 0 spiro atoms. The summed E-state index contributed by atoms with van der Waals surface area (Å²) in [4.78, 5) is 25.5. The second-order valence-electron chi connectivity index (χ2n) is 7.67. The fourth-order valence-corrected chi connectivity index (χ4v) is 3.10. The summed E-state index contributed by atoms with van der Waals surface area (Å²) in [5.41, 5.74) is 0.706. The minimum absolute atomic E-state index is 0.103. The number of nitrogens with one attached hydrogen (secondary N) is 2. The number of amides is 1. The van der Waals surface area contributed by atoms with Gasteiger partial charge >= 0.3 is 5.97 Å². The maximum atomic E-state index is 12.4. The number of likely N-dealkylation sites (N-methyl/N-ethyl adjacent to an activating group) is 1. The van der Waals surface area contributed by atoms with Crippen LogP contribution in [0.4, 0.5) is 5.69 Å². The zero-order valence-electron chi connectivity index (χ0n) is 18.5. The van der Waals surface area contributed by atoms with Crippen molar-refractivity contribution >= 4 is 17.6 Å². The van der Waals surface area contributed by atoms with Gasteiger partial charge in [0, 0.05) is 11.7 Å². The number of benzene rings is 2. The van der Waals surface area contributed by atoms with Crippen LogP contribution in [-0.2, 0) is 9.59 Å². The van der Waals surface area contributed by atoms with Crippen LogP contribution in [0.15, 0.2) is 54.6 Å². The molecular weight excluding hydrogens is 394 g/mol. The highest BCUT2D eigenvalue weighted by atomic mass is 16.5. The van der Waals surface area contributed by atoms with E-state index in [4.69, 9.17) is 4.74 Å². The zero-order chi connectivity index (χ0) is 22.6. The number of rotatable bonds is 13. The largest absolute Gasteiger partial charge is 0.480 e. The van der Waals surface area contributed by atoms with Gasteiger partial charge in [0.2, 0.25) is 5.91 Å². The van der Waals surface area contributed by atoms with E-state index in [0.29, 0.717) is 24.4 Å². The highest BCUT2D eigenvalue weighted by Gasteiger charge is 2.17. The quantitative estimate of drug-likeness (QED) is 0.448. The molecule has 168 valence electrons. The standard InChI is InChI=1S/C24H33N3O4/c1-4-8-22(24(29)30)25-16-15-18(2)27(3)17-23(28)26-19-11-13-21(14-12-19)31-20-9-6-5-7-10-20/h5-7,9-14,18,22,25H,4,8,15-17H2,1-3H3,(H,26,28)(H,29,30). The van der Waals surface area contributed by atoms with Crippen molar-refractivity contribution in [1.82, 2.24) is 10.2 Å². The Morgan fingerprint density at radius 3 is 2.29 bits per heavy atom. The van der Waals surface area contributed by atoms with E-state index in [0.717, 1.165) is 18.6 Å². The molecule has 31 heavy (non-hydrogen) atoms. The van der Waals surface area contributed by atoms with Gasteiger partial charge in [-0.05, 0) is 69.8 Å². The minimum Gasteiger partial charge on any atom is -0.480 e. The van der Waals surface area contributed by atoms with E-state index in [-0.39, 0.29) is 18.5 Å². The average molecular weight is 428 g/mol. The number of para-hydroxylation sites is 1. The fourth-order valence-electron chi connectivity index (χ4n) is 3.10. The fraction of sp³-hybridized carbons (Fsp3) is 0.417. The maximum absolute atomic E-state index is 12.4. The molecular formula is C24H33N3O4. The predicted octanol–water partition coefficient (Wildman–Crippen LogP) is 3.97. The van der Waals surface area contributed by atoms with Crippen LogP contribution in [0.2, 0.25) is 0 Å². The van der Waals surface area contributed by atoms with Crippen molar-refractivity contribution in [2.75, 3.05) is 25.5 Å². The Hall–Kier alpha value is -2.90. The highest BCUT2D eigenvalue weighted by molar-refractivity contribution is 5.92. The first kappa shape index (κ1) is 24.4. The number of carboxylic acid groups (broad SMARTS) is 1. The average Bonchev–Trinajstić information content (AvgIpc) is 2.75. The van der Waals surface area contributed by atoms with E-state index in [1.807, 2.05) is 80.4 Å². The van der Waals surface area contributed by atoms with E-state index < -0.39 is 12.0 Å². The van der Waals surface area contributed by atoms with Gasteiger partial charge in [0.05, 0.1) is 6.54 Å². The molecule has 0 aromatic heterocycles. The third-order valence-electron chi connectivity index (χ3n) is 5.09. The van der Waals surface area contributed by atoms with Crippen LogP contribution >= 0.6 is 0 Å². The lowest BCUT2D eigenvalue weighted by Gasteiger charge is -2.25. The van der Waals surface area contributed by atoms with Gasteiger partial charge in [0.15, 0.2) is 0 Å². The van der Waals surface area contributed by atoms with E-state index in [1.54, 1.807) is 0 Å². The Morgan fingerprint density at radius 2 is 1.68 bits per heavy atom. The summed E-state index contributed by atoms with van der Waals surface area (Å²) in [5.74, 6) is 0.537. The zero-order valence-corrected chi connectivity index (χ0v) is 18.5. The number of carboxylic acids is 1. The van der Waals surface area contributed by atoms with E-state index in [9.17, 15) is 14.7 Å². The van der Waals surface area contributed by atoms with Crippen LogP contribution in [0, 0.1) is 0 Å². The first-order valence-corrected chi connectivity index (χ1v) is 10.7. The van der Waals surface area contributed by atoms with Gasteiger partial charge in [-0.1, -0.05) is 31.5 Å². The normalized spacial score (nSPS) is 12.9. The first-order chi connectivity index (χ1) is 14.9. The lowest BCUT2D eigenvalue weighted by atomic mass is 10.1. The van der Waals surface area contributed by atoms with Gasteiger partial charge in [0.25, 0.3) is 0 Å². The van der Waals surface area contributed by atoms with Crippen LogP contribution in [0.5, 0.6) is 11.5 Å². The van der Waals surface area contributed by atoms with Gasteiger partial charge in [-0.2, -0.15) is 0 Å². The number of carbonyl (C=O) groups is 2. The summed E-state index contributed by atoms with van der Waals surface area (Å²) in [6.07, 6.45) is 2.18.